The van der Waals surface area contributed by atoms with Crippen LogP contribution in [0.5, 0.6) is 0 Å². The predicted molar refractivity (Wildman–Crippen MR) is 121 cm³/mol. The fourth-order valence-electron chi connectivity index (χ4n) is 5.67. The van der Waals surface area contributed by atoms with E-state index >= 15 is 0 Å². The van der Waals surface area contributed by atoms with E-state index in [1.54, 1.807) is 12.3 Å². The van der Waals surface area contributed by atoms with Crippen molar-refractivity contribution >= 4 is 5.91 Å². The van der Waals surface area contributed by atoms with Gasteiger partial charge in [0.2, 0.25) is 0 Å². The zero-order chi connectivity index (χ0) is 21.5. The van der Waals surface area contributed by atoms with E-state index in [1.165, 1.54) is 0 Å². The number of likely N-dealkylation sites (tertiary alicyclic amines) is 2. The van der Waals surface area contributed by atoms with Crippen LogP contribution in [-0.2, 0) is 6.54 Å². The molecule has 6 nitrogen and oxygen atoms in total. The number of piperidine rings is 1. The number of rotatable bonds is 4. The first kappa shape index (κ1) is 20.4. The molecule has 6 heteroatoms. The Morgan fingerprint density at radius 2 is 1.94 bits per heavy atom. The molecule has 0 radical (unpaired) electrons. The third-order valence-electron chi connectivity index (χ3n) is 6.95. The van der Waals surface area contributed by atoms with Crippen LogP contribution in [0.1, 0.15) is 55.1 Å². The second kappa shape index (κ2) is 8.23. The maximum atomic E-state index is 13.0. The first-order chi connectivity index (χ1) is 15.0. The Bertz CT molecular complexity index is 1020. The molecular formula is C25H32N4O2. The Hall–Kier alpha value is -2.47. The van der Waals surface area contributed by atoms with Gasteiger partial charge in [0.1, 0.15) is 0 Å². The van der Waals surface area contributed by atoms with Gasteiger partial charge in [0.25, 0.3) is 11.5 Å². The number of aromatic nitrogens is 2. The molecule has 0 spiro atoms. The second-order valence-corrected chi connectivity index (χ2v) is 9.96. The fraction of sp³-hybridized carbons (Fsp3) is 0.560. The molecule has 2 fully saturated rings. The highest BCUT2D eigenvalue weighted by atomic mass is 16.2. The van der Waals surface area contributed by atoms with E-state index < -0.39 is 0 Å². The van der Waals surface area contributed by atoms with Gasteiger partial charge in [-0.05, 0) is 49.3 Å². The van der Waals surface area contributed by atoms with Gasteiger partial charge < -0.3 is 14.4 Å². The number of amides is 1. The maximum Gasteiger partial charge on any atom is 0.255 e. The molecule has 0 aliphatic carbocycles. The quantitative estimate of drug-likeness (QED) is 0.762. The van der Waals surface area contributed by atoms with Crippen molar-refractivity contribution in [3.05, 3.63) is 52.1 Å². The second-order valence-electron chi connectivity index (χ2n) is 9.96. The SMILES string of the molecule is CC(C)CN1C[C@@H]2C[C@H](C1)c1cc(-c3ccc(C(=O)N4CCCC4)cn3)cc(=O)n1C2. The minimum atomic E-state index is 0.0561. The summed E-state index contributed by atoms with van der Waals surface area (Å²) >= 11 is 0. The summed E-state index contributed by atoms with van der Waals surface area (Å²) in [5.41, 5.74) is 3.45. The molecule has 0 N–H and O–H groups in total. The van der Waals surface area contributed by atoms with E-state index in [2.05, 4.69) is 29.8 Å². The van der Waals surface area contributed by atoms with Crippen LogP contribution in [0, 0.1) is 11.8 Å². The van der Waals surface area contributed by atoms with Crippen LogP contribution in [0.3, 0.4) is 0 Å². The predicted octanol–water partition coefficient (Wildman–Crippen LogP) is 3.22. The van der Waals surface area contributed by atoms with Gasteiger partial charge in [0, 0.05) is 68.7 Å². The van der Waals surface area contributed by atoms with Gasteiger partial charge in [-0.15, -0.1) is 0 Å². The normalized spacial score (nSPS) is 23.3. The molecule has 2 aromatic heterocycles. The van der Waals surface area contributed by atoms with Crippen molar-refractivity contribution in [2.24, 2.45) is 11.8 Å². The lowest BCUT2D eigenvalue weighted by Gasteiger charge is -2.43. The fourth-order valence-corrected chi connectivity index (χ4v) is 5.67. The van der Waals surface area contributed by atoms with Crippen molar-refractivity contribution < 1.29 is 4.79 Å². The van der Waals surface area contributed by atoms with Crippen molar-refractivity contribution in [2.45, 2.75) is 45.6 Å². The van der Waals surface area contributed by atoms with Crippen molar-refractivity contribution in [3.8, 4) is 11.3 Å². The molecule has 0 saturated carbocycles. The van der Waals surface area contributed by atoms with Crippen LogP contribution >= 0.6 is 0 Å². The highest BCUT2D eigenvalue weighted by molar-refractivity contribution is 5.94. The zero-order valence-corrected chi connectivity index (χ0v) is 18.6. The van der Waals surface area contributed by atoms with Crippen LogP contribution in [-0.4, -0.2) is 58.0 Å². The van der Waals surface area contributed by atoms with Crippen LogP contribution in [0.25, 0.3) is 11.3 Å². The number of fused-ring (bicyclic) bond motifs is 4. The van der Waals surface area contributed by atoms with E-state index in [4.69, 9.17) is 0 Å². The lowest BCUT2D eigenvalue weighted by atomic mass is 9.82. The highest BCUT2D eigenvalue weighted by Gasteiger charge is 2.35. The zero-order valence-electron chi connectivity index (χ0n) is 18.6. The molecule has 31 heavy (non-hydrogen) atoms. The minimum absolute atomic E-state index is 0.0561. The third-order valence-corrected chi connectivity index (χ3v) is 6.95. The lowest BCUT2D eigenvalue weighted by Crippen LogP contribution is -2.48. The standard InChI is InChI=1S/C25H32N4O2/c1-17(2)13-27-14-18-9-21(16-27)23-10-20(11-24(30)29(23)15-18)22-6-5-19(12-26-22)25(31)28-7-3-4-8-28/h5-6,10-12,17-18,21H,3-4,7-9,13-16H2,1-2H3/t18-,21+/m0/s1. The summed E-state index contributed by atoms with van der Waals surface area (Å²) in [7, 11) is 0. The Kier molecular flexibility index (Phi) is 5.42. The number of hydrogen-bond donors (Lipinski definition) is 0. The van der Waals surface area contributed by atoms with Gasteiger partial charge in [-0.25, -0.2) is 0 Å². The van der Waals surface area contributed by atoms with Crippen molar-refractivity contribution in [1.29, 1.82) is 0 Å². The Labute approximate surface area is 183 Å². The molecule has 3 aliphatic rings. The van der Waals surface area contributed by atoms with Crippen molar-refractivity contribution in [1.82, 2.24) is 19.4 Å². The molecule has 1 amide bonds. The summed E-state index contributed by atoms with van der Waals surface area (Å²) < 4.78 is 1.99. The van der Waals surface area contributed by atoms with Gasteiger partial charge in [-0.1, -0.05) is 13.8 Å². The summed E-state index contributed by atoms with van der Waals surface area (Å²) in [6, 6.07) is 7.60. The van der Waals surface area contributed by atoms with Crippen molar-refractivity contribution in [2.75, 3.05) is 32.7 Å². The van der Waals surface area contributed by atoms with Gasteiger partial charge in [0.05, 0.1) is 11.3 Å². The monoisotopic (exact) mass is 420 g/mol. The Balaban J connectivity index is 1.41. The van der Waals surface area contributed by atoms with Crippen LogP contribution in [0.2, 0.25) is 0 Å². The molecule has 0 unspecified atom stereocenters. The molecule has 2 atom stereocenters. The molecule has 5 heterocycles. The third kappa shape index (κ3) is 4.05. The van der Waals surface area contributed by atoms with E-state index in [0.29, 0.717) is 23.3 Å². The molecule has 5 rings (SSSR count). The summed E-state index contributed by atoms with van der Waals surface area (Å²) in [5.74, 6) is 1.66. The van der Waals surface area contributed by atoms with E-state index in [1.807, 2.05) is 21.6 Å². The molecule has 2 saturated heterocycles. The van der Waals surface area contributed by atoms with Crippen LogP contribution < -0.4 is 5.56 Å². The van der Waals surface area contributed by atoms with Crippen LogP contribution in [0.15, 0.2) is 35.3 Å². The molecule has 0 aromatic carbocycles. The molecule has 2 aromatic rings. The Morgan fingerprint density at radius 3 is 2.65 bits per heavy atom. The lowest BCUT2D eigenvalue weighted by molar-refractivity contribution is 0.0792. The van der Waals surface area contributed by atoms with Gasteiger partial charge in [-0.2, -0.15) is 0 Å². The first-order valence-corrected chi connectivity index (χ1v) is 11.7. The maximum absolute atomic E-state index is 13.0. The molecule has 164 valence electrons. The highest BCUT2D eigenvalue weighted by Crippen LogP contribution is 2.36. The number of nitrogens with zero attached hydrogens (tertiary/aromatic N) is 4. The molecule has 2 bridgehead atoms. The van der Waals surface area contributed by atoms with Gasteiger partial charge in [-0.3, -0.25) is 14.6 Å². The summed E-state index contributed by atoms with van der Waals surface area (Å²) in [6.45, 7) is 10.2. The minimum Gasteiger partial charge on any atom is -0.339 e. The van der Waals surface area contributed by atoms with E-state index in [-0.39, 0.29) is 11.5 Å². The smallest absolute Gasteiger partial charge is 0.255 e. The van der Waals surface area contributed by atoms with E-state index in [0.717, 1.165) is 75.5 Å². The molecule has 3 aliphatic heterocycles. The number of carbonyl (C=O) groups excluding carboxylic acids is 1. The topological polar surface area (TPSA) is 58.4 Å². The average molecular weight is 421 g/mol. The summed E-state index contributed by atoms with van der Waals surface area (Å²) in [6.07, 6.45) is 4.97. The Morgan fingerprint density at radius 1 is 1.13 bits per heavy atom. The first-order valence-electron chi connectivity index (χ1n) is 11.7. The van der Waals surface area contributed by atoms with Crippen LogP contribution in [0.4, 0.5) is 0 Å². The largest absolute Gasteiger partial charge is 0.339 e. The number of carbonyl (C=O) groups is 1. The average Bonchev–Trinajstić information content (AvgIpc) is 3.28. The summed E-state index contributed by atoms with van der Waals surface area (Å²) in [4.78, 5) is 34.6. The van der Waals surface area contributed by atoms with E-state index in [9.17, 15) is 9.59 Å². The number of hydrogen-bond acceptors (Lipinski definition) is 4. The van der Waals surface area contributed by atoms with Gasteiger partial charge in [0.15, 0.2) is 0 Å². The number of pyridine rings is 2. The van der Waals surface area contributed by atoms with Crippen molar-refractivity contribution in [3.63, 3.8) is 0 Å². The summed E-state index contributed by atoms with van der Waals surface area (Å²) in [5, 5.41) is 0. The van der Waals surface area contributed by atoms with Gasteiger partial charge >= 0.3 is 0 Å². The molecular weight excluding hydrogens is 388 g/mol.